The van der Waals surface area contributed by atoms with Gasteiger partial charge in [-0.25, -0.2) is 0 Å². The molecule has 1 fully saturated rings. The van der Waals surface area contributed by atoms with E-state index >= 15 is 0 Å². The van der Waals surface area contributed by atoms with Crippen molar-refractivity contribution in [1.29, 1.82) is 0 Å². The summed E-state index contributed by atoms with van der Waals surface area (Å²) in [5.41, 5.74) is 2.00. The number of piperidine rings is 1. The van der Waals surface area contributed by atoms with E-state index in [-0.39, 0.29) is 23.4 Å². The van der Waals surface area contributed by atoms with Gasteiger partial charge in [0.2, 0.25) is 0 Å². The van der Waals surface area contributed by atoms with Crippen molar-refractivity contribution in [3.63, 3.8) is 0 Å². The van der Waals surface area contributed by atoms with Crippen molar-refractivity contribution in [2.45, 2.75) is 26.7 Å². The van der Waals surface area contributed by atoms with Crippen LogP contribution in [0.2, 0.25) is 0 Å². The molecule has 6 heteroatoms. The third kappa shape index (κ3) is 5.02. The number of esters is 1. The van der Waals surface area contributed by atoms with E-state index in [1.54, 1.807) is 36.2 Å². The first-order valence-corrected chi connectivity index (χ1v) is 9.92. The molecule has 1 aromatic carbocycles. The lowest BCUT2D eigenvalue weighted by Gasteiger charge is -2.31. The number of ether oxygens (including phenoxy) is 1. The zero-order chi connectivity index (χ0) is 20.8. The highest BCUT2D eigenvalue weighted by molar-refractivity contribution is 6.18. The van der Waals surface area contributed by atoms with Crippen LogP contribution < -0.4 is 5.56 Å². The Balaban J connectivity index is 1.86. The molecular formula is C23H26N2O4. The van der Waals surface area contributed by atoms with Crippen LogP contribution in [0, 0.1) is 12.8 Å². The van der Waals surface area contributed by atoms with Gasteiger partial charge in [0, 0.05) is 25.4 Å². The minimum absolute atomic E-state index is 0.178. The summed E-state index contributed by atoms with van der Waals surface area (Å²) in [7, 11) is 0. The highest BCUT2D eigenvalue weighted by atomic mass is 16.5. The normalized spacial score (nSPS) is 15.2. The Morgan fingerprint density at radius 1 is 1.10 bits per heavy atom. The van der Waals surface area contributed by atoms with E-state index < -0.39 is 0 Å². The van der Waals surface area contributed by atoms with Gasteiger partial charge in [-0.05, 0) is 44.4 Å². The Morgan fingerprint density at radius 2 is 1.79 bits per heavy atom. The van der Waals surface area contributed by atoms with Crippen molar-refractivity contribution in [2.75, 3.05) is 19.7 Å². The molecule has 1 aliphatic rings. The number of hydrogen-bond acceptors (Lipinski definition) is 4. The minimum atomic E-state index is -0.263. The Kier molecular flexibility index (Phi) is 6.65. The van der Waals surface area contributed by atoms with Gasteiger partial charge in [-0.3, -0.25) is 19.0 Å². The predicted octanol–water partition coefficient (Wildman–Crippen LogP) is 2.96. The zero-order valence-corrected chi connectivity index (χ0v) is 16.8. The molecule has 3 rings (SSSR count). The van der Waals surface area contributed by atoms with Crippen molar-refractivity contribution >= 4 is 23.6 Å². The van der Waals surface area contributed by atoms with E-state index in [0.717, 1.165) is 11.1 Å². The highest BCUT2D eigenvalue weighted by Crippen LogP contribution is 2.22. The molecule has 0 atom stereocenters. The first-order chi connectivity index (χ1) is 14.0. The maximum atomic E-state index is 13.3. The number of hydrogen-bond donors (Lipinski definition) is 0. The van der Waals surface area contributed by atoms with Gasteiger partial charge in [-0.1, -0.05) is 35.9 Å². The molecule has 2 aromatic rings. The van der Waals surface area contributed by atoms with Gasteiger partial charge < -0.3 is 9.64 Å². The van der Waals surface area contributed by atoms with Gasteiger partial charge in [0.15, 0.2) is 0 Å². The predicted molar refractivity (Wildman–Crippen MR) is 112 cm³/mol. The van der Waals surface area contributed by atoms with E-state index in [1.165, 1.54) is 10.6 Å². The minimum Gasteiger partial charge on any atom is -0.466 e. The molecule has 0 unspecified atom stereocenters. The van der Waals surface area contributed by atoms with Crippen LogP contribution in [0.15, 0.2) is 53.5 Å². The average Bonchev–Trinajstić information content (AvgIpc) is 2.74. The number of rotatable bonds is 5. The lowest BCUT2D eigenvalue weighted by Crippen LogP contribution is -2.42. The van der Waals surface area contributed by atoms with Crippen LogP contribution in [-0.2, 0) is 14.3 Å². The summed E-state index contributed by atoms with van der Waals surface area (Å²) in [6, 6.07) is 12.6. The Bertz CT molecular complexity index is 951. The maximum Gasteiger partial charge on any atom is 0.309 e. The molecule has 1 saturated heterocycles. The fraction of sp³-hybridized carbons (Fsp3) is 0.348. The maximum absolute atomic E-state index is 13.3. The van der Waals surface area contributed by atoms with Crippen molar-refractivity contribution in [3.8, 4) is 0 Å². The fourth-order valence-corrected chi connectivity index (χ4v) is 3.42. The number of pyridine rings is 1. The van der Waals surface area contributed by atoms with Crippen LogP contribution in [0.5, 0.6) is 0 Å². The summed E-state index contributed by atoms with van der Waals surface area (Å²) in [5.74, 6) is -0.599. The molecular weight excluding hydrogens is 368 g/mol. The molecule has 0 N–H and O–H groups in total. The quantitative estimate of drug-likeness (QED) is 0.578. The van der Waals surface area contributed by atoms with Gasteiger partial charge in [-0.2, -0.15) is 0 Å². The second kappa shape index (κ2) is 9.37. The number of aromatic nitrogens is 1. The van der Waals surface area contributed by atoms with Crippen LogP contribution in [0.4, 0.5) is 0 Å². The third-order valence-corrected chi connectivity index (χ3v) is 5.08. The van der Waals surface area contributed by atoms with Gasteiger partial charge in [0.1, 0.15) is 5.70 Å². The van der Waals surface area contributed by atoms with E-state index in [2.05, 4.69) is 0 Å². The fourth-order valence-electron chi connectivity index (χ4n) is 3.42. The molecule has 0 saturated carbocycles. The topological polar surface area (TPSA) is 68.6 Å². The molecule has 29 heavy (non-hydrogen) atoms. The zero-order valence-electron chi connectivity index (χ0n) is 16.8. The van der Waals surface area contributed by atoms with Gasteiger partial charge >= 0.3 is 5.97 Å². The van der Waals surface area contributed by atoms with E-state index in [1.807, 2.05) is 31.2 Å². The van der Waals surface area contributed by atoms with Gasteiger partial charge in [0.25, 0.3) is 11.5 Å². The van der Waals surface area contributed by atoms with Crippen LogP contribution in [-0.4, -0.2) is 41.0 Å². The van der Waals surface area contributed by atoms with Crippen LogP contribution >= 0.6 is 0 Å². The second-order valence-electron chi connectivity index (χ2n) is 7.17. The summed E-state index contributed by atoms with van der Waals surface area (Å²) in [5, 5.41) is 0. The van der Waals surface area contributed by atoms with Crippen molar-refractivity contribution in [2.24, 2.45) is 5.92 Å². The number of carbonyl (C=O) groups excluding carboxylic acids is 2. The smallest absolute Gasteiger partial charge is 0.309 e. The first-order valence-electron chi connectivity index (χ1n) is 9.92. The van der Waals surface area contributed by atoms with Crippen molar-refractivity contribution in [1.82, 2.24) is 9.47 Å². The standard InChI is InChI=1S/C23H26N2O4/c1-3-29-23(28)19-11-14-24(15-12-19)22(27)20(25-13-5-4-6-21(25)26)16-18-9-7-17(2)8-10-18/h4-10,13,16,19H,3,11-12,14-15H2,1-2H3. The van der Waals surface area contributed by atoms with E-state index in [4.69, 9.17) is 4.74 Å². The average molecular weight is 394 g/mol. The largest absolute Gasteiger partial charge is 0.466 e. The number of aryl methyl sites for hydroxylation is 1. The number of likely N-dealkylation sites (tertiary alicyclic amines) is 1. The number of carbonyl (C=O) groups is 2. The molecule has 0 spiro atoms. The molecule has 2 heterocycles. The van der Waals surface area contributed by atoms with E-state index in [9.17, 15) is 14.4 Å². The molecule has 0 bridgehead atoms. The Hall–Kier alpha value is -3.15. The van der Waals surface area contributed by atoms with Gasteiger partial charge in [-0.15, -0.1) is 0 Å². The molecule has 1 amide bonds. The van der Waals surface area contributed by atoms with Crippen LogP contribution in [0.25, 0.3) is 11.8 Å². The van der Waals surface area contributed by atoms with Crippen molar-refractivity contribution < 1.29 is 14.3 Å². The molecule has 1 aromatic heterocycles. The molecule has 6 nitrogen and oxygen atoms in total. The summed E-state index contributed by atoms with van der Waals surface area (Å²) in [6.07, 6.45) is 4.46. The SMILES string of the molecule is CCOC(=O)C1CCN(C(=O)C(=Cc2ccc(C)cc2)n2ccccc2=O)CC1. The first kappa shape index (κ1) is 20.6. The molecule has 1 aliphatic heterocycles. The number of benzene rings is 1. The Labute approximate surface area is 170 Å². The summed E-state index contributed by atoms with van der Waals surface area (Å²) >= 11 is 0. The summed E-state index contributed by atoms with van der Waals surface area (Å²) in [4.78, 5) is 39.4. The summed E-state index contributed by atoms with van der Waals surface area (Å²) < 4.78 is 6.47. The van der Waals surface area contributed by atoms with Crippen molar-refractivity contribution in [3.05, 3.63) is 70.1 Å². The number of nitrogens with zero attached hydrogens (tertiary/aromatic N) is 2. The highest BCUT2D eigenvalue weighted by Gasteiger charge is 2.30. The molecule has 0 radical (unpaired) electrons. The Morgan fingerprint density at radius 3 is 2.41 bits per heavy atom. The second-order valence-corrected chi connectivity index (χ2v) is 7.17. The van der Waals surface area contributed by atoms with Gasteiger partial charge in [0.05, 0.1) is 12.5 Å². The monoisotopic (exact) mass is 394 g/mol. The van der Waals surface area contributed by atoms with Crippen LogP contribution in [0.1, 0.15) is 30.9 Å². The molecule has 152 valence electrons. The van der Waals surface area contributed by atoms with E-state index in [0.29, 0.717) is 38.2 Å². The summed E-state index contributed by atoms with van der Waals surface area (Å²) in [6.45, 7) is 5.05. The third-order valence-electron chi connectivity index (χ3n) is 5.08. The lowest BCUT2D eigenvalue weighted by atomic mass is 9.96. The lowest BCUT2D eigenvalue weighted by molar-refractivity contribution is -0.150. The number of amides is 1. The molecule has 0 aliphatic carbocycles. The van der Waals surface area contributed by atoms with Crippen LogP contribution in [0.3, 0.4) is 0 Å².